The van der Waals surface area contributed by atoms with Crippen LogP contribution in [0.2, 0.25) is 0 Å². The lowest BCUT2D eigenvalue weighted by molar-refractivity contribution is -0.115. The monoisotopic (exact) mass is 410 g/mol. The van der Waals surface area contributed by atoms with Crippen LogP contribution < -0.4 is 5.32 Å². The van der Waals surface area contributed by atoms with Gasteiger partial charge in [0.25, 0.3) is 5.78 Å². The standard InChI is InChI=1S/C20H19FN6OS/c1-11-4-5-14(8-16(11)21)7-15-10-22-20(29-15)25-18(28)9-17-24-19-23-12(2)6-13(3)27(19)26-17/h4-6,8,10H,7,9H2,1-3H3,(H,22,25,28). The SMILES string of the molecule is Cc1cc(C)n2nc(CC(=O)Nc3ncc(Cc4ccc(C)c(F)c4)s3)nc2n1. The van der Waals surface area contributed by atoms with Crippen molar-refractivity contribution in [3.63, 3.8) is 0 Å². The maximum Gasteiger partial charge on any atom is 0.252 e. The Morgan fingerprint density at radius 3 is 2.83 bits per heavy atom. The van der Waals surface area contributed by atoms with Crippen LogP contribution in [0.15, 0.2) is 30.5 Å². The second-order valence-electron chi connectivity index (χ2n) is 6.90. The summed E-state index contributed by atoms with van der Waals surface area (Å²) in [5, 5.41) is 7.61. The van der Waals surface area contributed by atoms with Crippen LogP contribution in [0.3, 0.4) is 0 Å². The van der Waals surface area contributed by atoms with E-state index in [0.717, 1.165) is 21.8 Å². The fourth-order valence-electron chi connectivity index (χ4n) is 2.98. The van der Waals surface area contributed by atoms with Crippen LogP contribution >= 0.6 is 11.3 Å². The van der Waals surface area contributed by atoms with E-state index in [1.807, 2.05) is 26.0 Å². The van der Waals surface area contributed by atoms with Crippen molar-refractivity contribution in [2.24, 2.45) is 0 Å². The summed E-state index contributed by atoms with van der Waals surface area (Å²) in [6.07, 6.45) is 2.28. The molecule has 148 valence electrons. The van der Waals surface area contributed by atoms with E-state index >= 15 is 0 Å². The Labute approximate surface area is 170 Å². The average Bonchev–Trinajstić information content (AvgIpc) is 3.24. The van der Waals surface area contributed by atoms with Crippen molar-refractivity contribution in [1.82, 2.24) is 24.6 Å². The molecule has 0 atom stereocenters. The molecule has 3 heterocycles. The fraction of sp³-hybridized carbons (Fsp3) is 0.250. The molecule has 7 nitrogen and oxygen atoms in total. The van der Waals surface area contributed by atoms with Gasteiger partial charge in [0, 0.05) is 28.9 Å². The highest BCUT2D eigenvalue weighted by molar-refractivity contribution is 7.15. The predicted octanol–water partition coefficient (Wildman–Crippen LogP) is 3.42. The number of rotatable bonds is 5. The quantitative estimate of drug-likeness (QED) is 0.545. The van der Waals surface area contributed by atoms with Gasteiger partial charge in [0.15, 0.2) is 11.0 Å². The predicted molar refractivity (Wildman–Crippen MR) is 109 cm³/mol. The van der Waals surface area contributed by atoms with Gasteiger partial charge in [-0.15, -0.1) is 16.4 Å². The molecule has 0 fully saturated rings. The molecule has 0 aliphatic rings. The summed E-state index contributed by atoms with van der Waals surface area (Å²) in [4.78, 5) is 26.2. The van der Waals surface area contributed by atoms with E-state index in [4.69, 9.17) is 0 Å². The van der Waals surface area contributed by atoms with Gasteiger partial charge in [-0.05, 0) is 44.0 Å². The number of carbonyl (C=O) groups excluding carboxylic acids is 1. The first-order chi connectivity index (χ1) is 13.9. The number of nitrogens with one attached hydrogen (secondary N) is 1. The Hall–Kier alpha value is -3.20. The minimum Gasteiger partial charge on any atom is -0.302 e. The second kappa shape index (κ2) is 7.67. The van der Waals surface area contributed by atoms with E-state index < -0.39 is 0 Å². The number of halogens is 1. The third-order valence-electron chi connectivity index (χ3n) is 4.40. The van der Waals surface area contributed by atoms with Crippen LogP contribution in [0.25, 0.3) is 5.78 Å². The molecule has 0 saturated heterocycles. The highest BCUT2D eigenvalue weighted by Gasteiger charge is 2.13. The summed E-state index contributed by atoms with van der Waals surface area (Å²) >= 11 is 1.36. The van der Waals surface area contributed by atoms with Gasteiger partial charge < -0.3 is 5.32 Å². The third-order valence-corrected chi connectivity index (χ3v) is 5.31. The van der Waals surface area contributed by atoms with Crippen LogP contribution in [-0.4, -0.2) is 30.5 Å². The molecule has 0 aliphatic heterocycles. The van der Waals surface area contributed by atoms with Gasteiger partial charge in [-0.1, -0.05) is 12.1 Å². The topological polar surface area (TPSA) is 85.1 Å². The number of aromatic nitrogens is 5. The summed E-state index contributed by atoms with van der Waals surface area (Å²) in [6.45, 7) is 5.53. The van der Waals surface area contributed by atoms with E-state index in [0.29, 0.717) is 28.7 Å². The Morgan fingerprint density at radius 1 is 1.21 bits per heavy atom. The molecule has 3 aromatic heterocycles. The Bertz CT molecular complexity index is 1220. The van der Waals surface area contributed by atoms with Gasteiger partial charge in [0.2, 0.25) is 5.91 Å². The molecule has 0 bridgehead atoms. The van der Waals surface area contributed by atoms with Gasteiger partial charge in [0.05, 0.1) is 6.42 Å². The minimum absolute atomic E-state index is 0.0277. The number of nitrogens with zero attached hydrogens (tertiary/aromatic N) is 5. The van der Waals surface area contributed by atoms with E-state index in [9.17, 15) is 9.18 Å². The van der Waals surface area contributed by atoms with Crippen molar-refractivity contribution in [1.29, 1.82) is 0 Å². The summed E-state index contributed by atoms with van der Waals surface area (Å²) in [7, 11) is 0. The summed E-state index contributed by atoms with van der Waals surface area (Å²) in [5.74, 6) is 0.403. The molecule has 0 saturated carbocycles. The first-order valence-corrected chi connectivity index (χ1v) is 9.88. The van der Waals surface area contributed by atoms with E-state index in [1.54, 1.807) is 23.7 Å². The molecule has 0 spiro atoms. The largest absolute Gasteiger partial charge is 0.302 e. The zero-order valence-corrected chi connectivity index (χ0v) is 17.0. The van der Waals surface area contributed by atoms with Crippen molar-refractivity contribution >= 4 is 28.2 Å². The number of hydrogen-bond acceptors (Lipinski definition) is 6. The Kier molecular flexibility index (Phi) is 5.06. The third kappa shape index (κ3) is 4.29. The Balaban J connectivity index is 1.41. The van der Waals surface area contributed by atoms with Crippen LogP contribution in [0.1, 0.15) is 33.2 Å². The summed E-state index contributed by atoms with van der Waals surface area (Å²) in [6, 6.07) is 7.08. The number of carbonyl (C=O) groups is 1. The maximum absolute atomic E-state index is 13.7. The number of benzene rings is 1. The molecule has 0 radical (unpaired) electrons. The highest BCUT2D eigenvalue weighted by Crippen LogP contribution is 2.22. The zero-order chi connectivity index (χ0) is 20.5. The van der Waals surface area contributed by atoms with Gasteiger partial charge in [0.1, 0.15) is 5.82 Å². The van der Waals surface area contributed by atoms with Crippen molar-refractivity contribution < 1.29 is 9.18 Å². The number of anilines is 1. The normalized spacial score (nSPS) is 11.2. The minimum atomic E-state index is -0.252. The molecule has 0 aliphatic carbocycles. The number of aryl methyl sites for hydroxylation is 3. The molecule has 29 heavy (non-hydrogen) atoms. The molecule has 1 amide bonds. The zero-order valence-electron chi connectivity index (χ0n) is 16.2. The number of hydrogen-bond donors (Lipinski definition) is 1. The molecule has 0 unspecified atom stereocenters. The van der Waals surface area contributed by atoms with Crippen molar-refractivity contribution in [3.05, 3.63) is 69.5 Å². The fourth-order valence-corrected chi connectivity index (χ4v) is 3.85. The first-order valence-electron chi connectivity index (χ1n) is 9.07. The molecule has 4 rings (SSSR count). The molecule has 4 aromatic rings. The van der Waals surface area contributed by atoms with Gasteiger partial charge in [-0.25, -0.2) is 18.9 Å². The lowest BCUT2D eigenvalue weighted by atomic mass is 10.1. The van der Waals surface area contributed by atoms with Crippen LogP contribution in [0.5, 0.6) is 0 Å². The number of amides is 1. The molecular formula is C20H19FN6OS. The lowest BCUT2D eigenvalue weighted by Crippen LogP contribution is -2.15. The smallest absolute Gasteiger partial charge is 0.252 e. The second-order valence-corrected chi connectivity index (χ2v) is 8.01. The lowest BCUT2D eigenvalue weighted by Gasteiger charge is -2.01. The van der Waals surface area contributed by atoms with E-state index in [-0.39, 0.29) is 18.1 Å². The van der Waals surface area contributed by atoms with E-state index in [2.05, 4.69) is 25.4 Å². The molecule has 1 N–H and O–H groups in total. The highest BCUT2D eigenvalue weighted by atomic mass is 32.1. The van der Waals surface area contributed by atoms with Crippen LogP contribution in [-0.2, 0) is 17.6 Å². The maximum atomic E-state index is 13.7. The summed E-state index contributed by atoms with van der Waals surface area (Å²) < 4.78 is 15.3. The summed E-state index contributed by atoms with van der Waals surface area (Å²) in [5.41, 5.74) is 3.24. The van der Waals surface area contributed by atoms with Gasteiger partial charge >= 0.3 is 0 Å². The Morgan fingerprint density at radius 2 is 2.03 bits per heavy atom. The molecule has 9 heteroatoms. The van der Waals surface area contributed by atoms with Gasteiger partial charge in [-0.3, -0.25) is 4.79 Å². The number of thiazole rings is 1. The molecule has 1 aromatic carbocycles. The number of fused-ring (bicyclic) bond motifs is 1. The van der Waals surface area contributed by atoms with Crippen LogP contribution in [0.4, 0.5) is 9.52 Å². The molecular weight excluding hydrogens is 391 g/mol. The average molecular weight is 410 g/mol. The van der Waals surface area contributed by atoms with Crippen molar-refractivity contribution in [3.8, 4) is 0 Å². The van der Waals surface area contributed by atoms with Gasteiger partial charge in [-0.2, -0.15) is 4.98 Å². The van der Waals surface area contributed by atoms with E-state index in [1.165, 1.54) is 17.4 Å². The van der Waals surface area contributed by atoms with Crippen molar-refractivity contribution in [2.45, 2.75) is 33.6 Å². The van der Waals surface area contributed by atoms with Crippen molar-refractivity contribution in [2.75, 3.05) is 5.32 Å². The van der Waals surface area contributed by atoms with Crippen LogP contribution in [0, 0.1) is 26.6 Å². The first kappa shape index (κ1) is 19.1.